The Balaban J connectivity index is 1.42. The molecule has 0 aliphatic heterocycles. The summed E-state index contributed by atoms with van der Waals surface area (Å²) in [6.07, 6.45) is 1.64. The van der Waals surface area contributed by atoms with Crippen LogP contribution >= 0.6 is 0 Å². The van der Waals surface area contributed by atoms with E-state index in [2.05, 4.69) is 10.2 Å². The van der Waals surface area contributed by atoms with E-state index in [0.29, 0.717) is 5.76 Å². The van der Waals surface area contributed by atoms with Crippen molar-refractivity contribution in [2.45, 2.75) is 20.0 Å². The molecule has 0 saturated heterocycles. The van der Waals surface area contributed by atoms with E-state index in [4.69, 9.17) is 18.3 Å². The molecule has 2 heterocycles. The summed E-state index contributed by atoms with van der Waals surface area (Å²) < 4.78 is 21.1. The average molecular weight is 328 g/mol. The average Bonchev–Trinajstić information content (AvgIpc) is 3.26. The Morgan fingerprint density at radius 1 is 1.17 bits per heavy atom. The zero-order valence-electron chi connectivity index (χ0n) is 13.1. The van der Waals surface area contributed by atoms with Crippen molar-refractivity contribution in [1.29, 1.82) is 0 Å². The molecule has 0 N–H and O–H groups in total. The van der Waals surface area contributed by atoms with Gasteiger partial charge in [0.2, 0.25) is 0 Å². The van der Waals surface area contributed by atoms with Crippen LogP contribution in [0.1, 0.15) is 17.9 Å². The Kier molecular flexibility index (Phi) is 4.90. The first kappa shape index (κ1) is 15.8. The molecule has 0 amide bonds. The SMILES string of the molecule is Cc1ccccc1OCCC(=O)OCc1nnc(-c2ccco2)o1. The summed E-state index contributed by atoms with van der Waals surface area (Å²) in [5.74, 6) is 1.27. The lowest BCUT2D eigenvalue weighted by Crippen LogP contribution is -2.10. The number of benzene rings is 1. The highest BCUT2D eigenvalue weighted by atomic mass is 16.5. The Labute approximate surface area is 138 Å². The largest absolute Gasteiger partial charge is 0.493 e. The number of nitrogens with zero attached hydrogens (tertiary/aromatic N) is 2. The van der Waals surface area contributed by atoms with Gasteiger partial charge < -0.3 is 18.3 Å². The van der Waals surface area contributed by atoms with Gasteiger partial charge in [-0.2, -0.15) is 0 Å². The third-order valence-electron chi connectivity index (χ3n) is 3.21. The minimum Gasteiger partial charge on any atom is -0.493 e. The van der Waals surface area contributed by atoms with Crippen molar-refractivity contribution in [3.8, 4) is 17.4 Å². The summed E-state index contributed by atoms with van der Waals surface area (Å²) in [7, 11) is 0. The fraction of sp³-hybridized carbons (Fsp3) is 0.235. The molecule has 0 spiro atoms. The summed E-state index contributed by atoms with van der Waals surface area (Å²) in [5, 5.41) is 7.62. The van der Waals surface area contributed by atoms with Crippen molar-refractivity contribution in [1.82, 2.24) is 10.2 Å². The van der Waals surface area contributed by atoms with Crippen LogP contribution in [-0.4, -0.2) is 22.8 Å². The van der Waals surface area contributed by atoms with Crippen molar-refractivity contribution in [3.05, 3.63) is 54.1 Å². The maximum atomic E-state index is 11.7. The van der Waals surface area contributed by atoms with Gasteiger partial charge in [0.15, 0.2) is 12.4 Å². The van der Waals surface area contributed by atoms with Gasteiger partial charge in [-0.25, -0.2) is 0 Å². The van der Waals surface area contributed by atoms with E-state index in [1.165, 1.54) is 6.26 Å². The molecule has 0 radical (unpaired) electrons. The maximum absolute atomic E-state index is 11.7. The van der Waals surface area contributed by atoms with Gasteiger partial charge >= 0.3 is 5.97 Å². The minimum absolute atomic E-state index is 0.0864. The lowest BCUT2D eigenvalue weighted by Gasteiger charge is -2.08. The number of ether oxygens (including phenoxy) is 2. The molecule has 7 nitrogen and oxygen atoms in total. The summed E-state index contributed by atoms with van der Waals surface area (Å²) >= 11 is 0. The molecule has 0 atom stereocenters. The number of para-hydroxylation sites is 1. The minimum atomic E-state index is -0.402. The van der Waals surface area contributed by atoms with Crippen LogP contribution in [-0.2, 0) is 16.1 Å². The summed E-state index contributed by atoms with van der Waals surface area (Å²) in [6, 6.07) is 11.0. The molecule has 0 fully saturated rings. The maximum Gasteiger partial charge on any atom is 0.309 e. The van der Waals surface area contributed by atoms with Gasteiger partial charge in [0.25, 0.3) is 11.8 Å². The molecule has 2 aromatic heterocycles. The van der Waals surface area contributed by atoms with Crippen molar-refractivity contribution in [2.75, 3.05) is 6.61 Å². The van der Waals surface area contributed by atoms with E-state index in [-0.39, 0.29) is 31.4 Å². The number of hydrogen-bond donors (Lipinski definition) is 0. The van der Waals surface area contributed by atoms with Crippen LogP contribution in [0.4, 0.5) is 0 Å². The molecule has 0 saturated carbocycles. The van der Waals surface area contributed by atoms with E-state index in [1.807, 2.05) is 31.2 Å². The highest BCUT2D eigenvalue weighted by Gasteiger charge is 2.12. The summed E-state index contributed by atoms with van der Waals surface area (Å²) in [6.45, 7) is 2.10. The highest BCUT2D eigenvalue weighted by Crippen LogP contribution is 2.18. The predicted octanol–water partition coefficient (Wildman–Crippen LogP) is 3.15. The monoisotopic (exact) mass is 328 g/mol. The lowest BCUT2D eigenvalue weighted by atomic mass is 10.2. The first-order valence-electron chi connectivity index (χ1n) is 7.42. The summed E-state index contributed by atoms with van der Waals surface area (Å²) in [4.78, 5) is 11.7. The number of carbonyl (C=O) groups excluding carboxylic acids is 1. The lowest BCUT2D eigenvalue weighted by molar-refractivity contribution is -0.146. The van der Waals surface area contributed by atoms with Crippen molar-refractivity contribution in [2.24, 2.45) is 0 Å². The molecule has 7 heteroatoms. The number of aryl methyl sites for hydroxylation is 1. The molecular weight excluding hydrogens is 312 g/mol. The Morgan fingerprint density at radius 2 is 2.04 bits per heavy atom. The second-order valence-electron chi connectivity index (χ2n) is 5.00. The van der Waals surface area contributed by atoms with Gasteiger partial charge in [0, 0.05) is 0 Å². The van der Waals surface area contributed by atoms with E-state index < -0.39 is 5.97 Å². The Hall–Kier alpha value is -3.09. The van der Waals surface area contributed by atoms with Crippen LogP contribution < -0.4 is 4.74 Å². The van der Waals surface area contributed by atoms with E-state index in [0.717, 1.165) is 11.3 Å². The second-order valence-corrected chi connectivity index (χ2v) is 5.00. The molecule has 24 heavy (non-hydrogen) atoms. The zero-order chi connectivity index (χ0) is 16.8. The van der Waals surface area contributed by atoms with E-state index in [1.54, 1.807) is 12.1 Å². The molecule has 0 unspecified atom stereocenters. The van der Waals surface area contributed by atoms with Crippen LogP contribution in [0.25, 0.3) is 11.7 Å². The molecule has 1 aromatic carbocycles. The quantitative estimate of drug-likeness (QED) is 0.616. The van der Waals surface area contributed by atoms with Crippen molar-refractivity contribution < 1.29 is 23.1 Å². The number of carbonyl (C=O) groups is 1. The molecule has 0 bridgehead atoms. The van der Waals surface area contributed by atoms with Gasteiger partial charge in [-0.1, -0.05) is 18.2 Å². The first-order valence-corrected chi connectivity index (χ1v) is 7.42. The molecule has 124 valence electrons. The molecule has 0 aliphatic rings. The highest BCUT2D eigenvalue weighted by molar-refractivity contribution is 5.69. The number of esters is 1. The van der Waals surface area contributed by atoms with Crippen molar-refractivity contribution in [3.63, 3.8) is 0 Å². The molecular formula is C17H16N2O5. The van der Waals surface area contributed by atoms with Crippen LogP contribution in [0.2, 0.25) is 0 Å². The van der Waals surface area contributed by atoms with Gasteiger partial charge in [0.1, 0.15) is 5.75 Å². The number of furan rings is 1. The fourth-order valence-electron chi connectivity index (χ4n) is 1.99. The molecule has 3 aromatic rings. The van der Waals surface area contributed by atoms with Crippen LogP contribution in [0.15, 0.2) is 51.5 Å². The summed E-state index contributed by atoms with van der Waals surface area (Å²) in [5.41, 5.74) is 1.02. The zero-order valence-corrected chi connectivity index (χ0v) is 13.1. The fourth-order valence-corrected chi connectivity index (χ4v) is 1.99. The Morgan fingerprint density at radius 3 is 2.83 bits per heavy atom. The van der Waals surface area contributed by atoms with Crippen molar-refractivity contribution >= 4 is 5.97 Å². The first-order chi connectivity index (χ1) is 11.7. The van der Waals surface area contributed by atoms with Crippen LogP contribution in [0.5, 0.6) is 5.75 Å². The van der Waals surface area contributed by atoms with Gasteiger partial charge in [-0.15, -0.1) is 10.2 Å². The van der Waals surface area contributed by atoms with Gasteiger partial charge in [-0.05, 0) is 30.7 Å². The van der Waals surface area contributed by atoms with Crippen LogP contribution in [0.3, 0.4) is 0 Å². The second kappa shape index (κ2) is 7.45. The van der Waals surface area contributed by atoms with Gasteiger partial charge in [0.05, 0.1) is 19.3 Å². The smallest absolute Gasteiger partial charge is 0.309 e. The third-order valence-corrected chi connectivity index (χ3v) is 3.21. The Bertz CT molecular complexity index is 795. The standard InChI is InChI=1S/C17H16N2O5/c1-12-5-2-3-6-13(12)22-10-8-16(20)23-11-15-18-19-17(24-15)14-7-4-9-21-14/h2-7,9H,8,10-11H2,1H3. The molecule has 0 aliphatic carbocycles. The normalized spacial score (nSPS) is 10.5. The number of aromatic nitrogens is 2. The molecule has 3 rings (SSSR count). The van der Waals surface area contributed by atoms with Gasteiger partial charge in [-0.3, -0.25) is 4.79 Å². The number of hydrogen-bond acceptors (Lipinski definition) is 7. The number of rotatable bonds is 7. The topological polar surface area (TPSA) is 87.6 Å². The van der Waals surface area contributed by atoms with E-state index >= 15 is 0 Å². The third kappa shape index (κ3) is 4.01. The van der Waals surface area contributed by atoms with Crippen LogP contribution in [0, 0.1) is 6.92 Å². The predicted molar refractivity (Wildman–Crippen MR) is 83.1 cm³/mol. The van der Waals surface area contributed by atoms with E-state index in [9.17, 15) is 4.79 Å².